The predicted molar refractivity (Wildman–Crippen MR) is 99.8 cm³/mol. The van der Waals surface area contributed by atoms with Crippen LogP contribution in [0.4, 0.5) is 10.5 Å². The summed E-state index contributed by atoms with van der Waals surface area (Å²) in [5.41, 5.74) is 1.14. The van der Waals surface area contributed by atoms with Gasteiger partial charge in [-0.1, -0.05) is 0 Å². The fourth-order valence-corrected chi connectivity index (χ4v) is 6.03. The van der Waals surface area contributed by atoms with Gasteiger partial charge >= 0.3 is 6.03 Å². The molecule has 1 atom stereocenters. The Labute approximate surface area is 150 Å². The van der Waals surface area contributed by atoms with Crippen molar-refractivity contribution in [2.75, 3.05) is 11.9 Å². The largest absolute Gasteiger partial charge is 0.494 e. The van der Waals surface area contributed by atoms with Gasteiger partial charge in [-0.25, -0.2) is 4.79 Å². The highest BCUT2D eigenvalue weighted by Gasteiger charge is 2.53. The highest BCUT2D eigenvalue weighted by molar-refractivity contribution is 5.89. The smallest absolute Gasteiger partial charge is 0.319 e. The maximum atomic E-state index is 12.5. The number of benzene rings is 1. The van der Waals surface area contributed by atoms with E-state index in [9.17, 15) is 4.79 Å². The monoisotopic (exact) mass is 342 g/mol. The van der Waals surface area contributed by atoms with E-state index < -0.39 is 0 Å². The van der Waals surface area contributed by atoms with Crippen LogP contribution in [0.2, 0.25) is 0 Å². The predicted octanol–water partition coefficient (Wildman–Crippen LogP) is 4.81. The molecule has 1 unspecified atom stereocenters. The van der Waals surface area contributed by atoms with Gasteiger partial charge in [-0.15, -0.1) is 0 Å². The first-order chi connectivity index (χ1) is 12.1. The molecule has 1 aromatic carbocycles. The summed E-state index contributed by atoms with van der Waals surface area (Å²) in [4.78, 5) is 12.5. The fraction of sp³-hybridized carbons (Fsp3) is 0.667. The lowest BCUT2D eigenvalue weighted by molar-refractivity contribution is -0.0679. The van der Waals surface area contributed by atoms with Crippen molar-refractivity contribution in [3.8, 4) is 5.75 Å². The van der Waals surface area contributed by atoms with Crippen molar-refractivity contribution in [2.24, 2.45) is 23.2 Å². The van der Waals surface area contributed by atoms with E-state index in [1.54, 1.807) is 0 Å². The van der Waals surface area contributed by atoms with Crippen molar-refractivity contribution in [3.05, 3.63) is 24.3 Å². The van der Waals surface area contributed by atoms with Crippen LogP contribution < -0.4 is 15.4 Å². The Bertz CT molecular complexity index is 590. The molecule has 0 radical (unpaired) electrons. The van der Waals surface area contributed by atoms with Crippen LogP contribution in [0.25, 0.3) is 0 Å². The molecule has 0 saturated heterocycles. The van der Waals surface area contributed by atoms with E-state index in [4.69, 9.17) is 4.74 Å². The summed E-state index contributed by atoms with van der Waals surface area (Å²) in [5, 5.41) is 6.21. The molecule has 4 saturated carbocycles. The maximum Gasteiger partial charge on any atom is 0.319 e. The third-order valence-electron chi connectivity index (χ3n) is 6.77. The quantitative estimate of drug-likeness (QED) is 0.806. The number of urea groups is 1. The second-order valence-corrected chi connectivity index (χ2v) is 8.56. The van der Waals surface area contributed by atoms with Crippen LogP contribution in [-0.2, 0) is 0 Å². The van der Waals surface area contributed by atoms with Crippen molar-refractivity contribution in [3.63, 3.8) is 0 Å². The molecule has 2 N–H and O–H groups in total. The Morgan fingerprint density at radius 3 is 2.20 bits per heavy atom. The lowest BCUT2D eigenvalue weighted by atomic mass is 9.48. The molecule has 0 aromatic heterocycles. The van der Waals surface area contributed by atoms with Crippen LogP contribution in [0.5, 0.6) is 5.75 Å². The standard InChI is InChI=1S/C21H30N2O2/c1-3-25-19-6-4-18(5-7-19)23-20(24)22-14(2)21-11-15-8-16(12-21)10-17(9-15)13-21/h4-7,14-17H,3,8-13H2,1-2H3,(H2,22,23,24). The average Bonchev–Trinajstić information content (AvgIpc) is 2.55. The molecule has 1 aromatic rings. The summed E-state index contributed by atoms with van der Waals surface area (Å²) in [6.07, 6.45) is 8.23. The Morgan fingerprint density at radius 2 is 1.68 bits per heavy atom. The lowest BCUT2D eigenvalue weighted by Crippen LogP contribution is -2.56. The molecule has 0 spiro atoms. The van der Waals surface area contributed by atoms with Crippen molar-refractivity contribution in [1.29, 1.82) is 0 Å². The van der Waals surface area contributed by atoms with Gasteiger partial charge in [0.05, 0.1) is 6.61 Å². The first kappa shape index (κ1) is 16.7. The van der Waals surface area contributed by atoms with Crippen LogP contribution in [0, 0.1) is 23.2 Å². The zero-order chi connectivity index (χ0) is 17.4. The molecule has 4 aliphatic carbocycles. The van der Waals surface area contributed by atoms with Crippen LogP contribution in [-0.4, -0.2) is 18.7 Å². The number of nitrogens with one attached hydrogen (secondary N) is 2. The van der Waals surface area contributed by atoms with Crippen LogP contribution >= 0.6 is 0 Å². The van der Waals surface area contributed by atoms with E-state index in [1.807, 2.05) is 31.2 Å². The van der Waals surface area contributed by atoms with Gasteiger partial charge in [-0.05, 0) is 99.8 Å². The van der Waals surface area contributed by atoms with Crippen molar-refractivity contribution >= 4 is 11.7 Å². The molecular formula is C21H30N2O2. The minimum absolute atomic E-state index is 0.0904. The number of hydrogen-bond donors (Lipinski definition) is 2. The number of carbonyl (C=O) groups is 1. The molecule has 4 heteroatoms. The molecule has 25 heavy (non-hydrogen) atoms. The first-order valence-corrected chi connectivity index (χ1v) is 9.86. The molecule has 5 rings (SSSR count). The van der Waals surface area contributed by atoms with Crippen LogP contribution in [0.1, 0.15) is 52.4 Å². The van der Waals surface area contributed by atoms with E-state index in [0.717, 1.165) is 29.2 Å². The van der Waals surface area contributed by atoms with Gasteiger partial charge in [0.1, 0.15) is 5.75 Å². The van der Waals surface area contributed by atoms with Crippen molar-refractivity contribution < 1.29 is 9.53 Å². The van der Waals surface area contributed by atoms with Gasteiger partial charge < -0.3 is 15.4 Å². The SMILES string of the molecule is CCOc1ccc(NC(=O)NC(C)C23CC4CC(CC(C4)C2)C3)cc1. The van der Waals surface area contributed by atoms with Gasteiger partial charge in [0, 0.05) is 11.7 Å². The molecule has 4 bridgehead atoms. The summed E-state index contributed by atoms with van der Waals surface area (Å²) in [5.74, 6) is 3.55. The highest BCUT2D eigenvalue weighted by atomic mass is 16.5. The maximum absolute atomic E-state index is 12.5. The van der Waals surface area contributed by atoms with Crippen molar-refractivity contribution in [1.82, 2.24) is 5.32 Å². The second-order valence-electron chi connectivity index (χ2n) is 8.56. The Morgan fingerprint density at radius 1 is 1.12 bits per heavy atom. The number of rotatable bonds is 5. The number of anilines is 1. The summed E-state index contributed by atoms with van der Waals surface area (Å²) in [6.45, 7) is 4.83. The van der Waals surface area contributed by atoms with Crippen LogP contribution in [0.15, 0.2) is 24.3 Å². The van der Waals surface area contributed by atoms with Gasteiger partial charge in [-0.2, -0.15) is 0 Å². The molecule has 0 heterocycles. The third kappa shape index (κ3) is 3.36. The first-order valence-electron chi connectivity index (χ1n) is 9.86. The summed E-state index contributed by atoms with van der Waals surface area (Å²) >= 11 is 0. The second kappa shape index (κ2) is 6.54. The summed E-state index contributed by atoms with van der Waals surface area (Å²) < 4.78 is 5.44. The van der Waals surface area contributed by atoms with E-state index in [-0.39, 0.29) is 12.1 Å². The Balaban J connectivity index is 1.36. The number of ether oxygens (including phenoxy) is 1. The van der Waals surface area contributed by atoms with Gasteiger partial charge in [0.25, 0.3) is 0 Å². The summed E-state index contributed by atoms with van der Waals surface area (Å²) in [6, 6.07) is 7.71. The minimum Gasteiger partial charge on any atom is -0.494 e. The van der Waals surface area contributed by atoms with E-state index in [1.165, 1.54) is 38.5 Å². The fourth-order valence-electron chi connectivity index (χ4n) is 6.03. The zero-order valence-corrected chi connectivity index (χ0v) is 15.4. The average molecular weight is 342 g/mol. The van der Waals surface area contributed by atoms with Gasteiger partial charge in [0.2, 0.25) is 0 Å². The van der Waals surface area contributed by atoms with Gasteiger partial charge in [-0.3, -0.25) is 0 Å². The third-order valence-corrected chi connectivity index (χ3v) is 6.77. The normalized spacial score (nSPS) is 33.8. The zero-order valence-electron chi connectivity index (χ0n) is 15.4. The lowest BCUT2D eigenvalue weighted by Gasteiger charge is -2.59. The Hall–Kier alpha value is -1.71. The molecule has 0 aliphatic heterocycles. The topological polar surface area (TPSA) is 50.4 Å². The molecule has 4 aliphatic rings. The number of amides is 2. The van der Waals surface area contributed by atoms with Gasteiger partial charge in [0.15, 0.2) is 0 Å². The molecule has 4 fully saturated rings. The molecular weight excluding hydrogens is 312 g/mol. The molecule has 136 valence electrons. The number of carbonyl (C=O) groups excluding carboxylic acids is 1. The van der Waals surface area contributed by atoms with E-state index >= 15 is 0 Å². The van der Waals surface area contributed by atoms with Crippen LogP contribution in [0.3, 0.4) is 0 Å². The minimum atomic E-state index is -0.0904. The Kier molecular flexibility index (Phi) is 4.38. The van der Waals surface area contributed by atoms with E-state index in [2.05, 4.69) is 17.6 Å². The highest BCUT2D eigenvalue weighted by Crippen LogP contribution is 2.61. The van der Waals surface area contributed by atoms with E-state index in [0.29, 0.717) is 12.0 Å². The van der Waals surface area contributed by atoms with Crippen molar-refractivity contribution in [2.45, 2.75) is 58.4 Å². The molecule has 4 nitrogen and oxygen atoms in total. The number of hydrogen-bond acceptors (Lipinski definition) is 2. The molecule has 2 amide bonds. The summed E-state index contributed by atoms with van der Waals surface area (Å²) in [7, 11) is 0.